The molecule has 0 atom stereocenters. The van der Waals surface area contributed by atoms with Gasteiger partial charge in [0.25, 0.3) is 0 Å². The third-order valence-electron chi connectivity index (χ3n) is 3.01. The Morgan fingerprint density at radius 2 is 2.24 bits per heavy atom. The number of pyridine rings is 1. The van der Waals surface area contributed by atoms with Crippen LogP contribution in [0.4, 0.5) is 0 Å². The summed E-state index contributed by atoms with van der Waals surface area (Å²) in [6.45, 7) is 2.02. The van der Waals surface area contributed by atoms with Gasteiger partial charge in [0.05, 0.1) is 17.5 Å². The highest BCUT2D eigenvalue weighted by Crippen LogP contribution is 2.27. The Kier molecular flexibility index (Phi) is 3.62. The molecule has 0 aliphatic carbocycles. The number of rotatable bonds is 4. The number of imidazole rings is 1. The molecule has 6 heteroatoms. The largest absolute Gasteiger partial charge is 0.481 e. The molecule has 0 bridgehead atoms. The lowest BCUT2D eigenvalue weighted by atomic mass is 10.2. The number of benzene rings is 1. The number of thioether (sulfide) groups is 1. The minimum Gasteiger partial charge on any atom is -0.481 e. The van der Waals surface area contributed by atoms with Gasteiger partial charge in [-0.05, 0) is 30.7 Å². The summed E-state index contributed by atoms with van der Waals surface area (Å²) in [5.74, 6) is -0.885. The predicted molar refractivity (Wildman–Crippen MR) is 82.0 cm³/mol. The van der Waals surface area contributed by atoms with Crippen LogP contribution >= 0.6 is 11.8 Å². The fourth-order valence-electron chi connectivity index (χ4n) is 2.15. The van der Waals surface area contributed by atoms with Gasteiger partial charge < -0.3 is 5.11 Å². The first-order valence-electron chi connectivity index (χ1n) is 6.39. The van der Waals surface area contributed by atoms with Crippen molar-refractivity contribution in [2.75, 3.05) is 5.75 Å². The molecule has 0 saturated heterocycles. The molecular formula is C15H13N3O2S. The summed E-state index contributed by atoms with van der Waals surface area (Å²) in [7, 11) is 0. The van der Waals surface area contributed by atoms with Gasteiger partial charge in [0.2, 0.25) is 0 Å². The van der Waals surface area contributed by atoms with E-state index in [1.54, 1.807) is 12.4 Å². The van der Waals surface area contributed by atoms with Crippen molar-refractivity contribution >= 4 is 28.8 Å². The molecule has 2 aromatic heterocycles. The van der Waals surface area contributed by atoms with E-state index in [9.17, 15) is 4.79 Å². The van der Waals surface area contributed by atoms with Gasteiger partial charge in [-0.3, -0.25) is 14.3 Å². The molecule has 21 heavy (non-hydrogen) atoms. The first kappa shape index (κ1) is 13.6. The lowest BCUT2D eigenvalue weighted by Gasteiger charge is -2.09. The standard InChI is InChI=1S/C15H13N3O2S/c1-10-3-2-4-11(7-10)18-13-5-6-16-8-12(13)17-15(18)21-9-14(19)20/h2-8H,9H2,1H3,(H,19,20). The number of hydrogen-bond donors (Lipinski definition) is 1. The Balaban J connectivity index is 2.17. The van der Waals surface area contributed by atoms with Crippen molar-refractivity contribution in [2.45, 2.75) is 12.1 Å². The van der Waals surface area contributed by atoms with Crippen LogP contribution in [-0.4, -0.2) is 31.4 Å². The van der Waals surface area contributed by atoms with E-state index >= 15 is 0 Å². The fourth-order valence-corrected chi connectivity index (χ4v) is 2.90. The Hall–Kier alpha value is -2.34. The predicted octanol–water partition coefficient (Wildman–Crippen LogP) is 2.91. The van der Waals surface area contributed by atoms with Crippen molar-refractivity contribution in [3.63, 3.8) is 0 Å². The van der Waals surface area contributed by atoms with Crippen LogP contribution in [-0.2, 0) is 4.79 Å². The van der Waals surface area contributed by atoms with Gasteiger partial charge in [-0.2, -0.15) is 0 Å². The van der Waals surface area contributed by atoms with Crippen LogP contribution < -0.4 is 0 Å². The summed E-state index contributed by atoms with van der Waals surface area (Å²) in [5.41, 5.74) is 3.78. The minimum atomic E-state index is -0.860. The van der Waals surface area contributed by atoms with Crippen molar-refractivity contribution in [1.82, 2.24) is 14.5 Å². The zero-order valence-electron chi connectivity index (χ0n) is 11.4. The van der Waals surface area contributed by atoms with Crippen LogP contribution in [0.25, 0.3) is 16.7 Å². The highest BCUT2D eigenvalue weighted by atomic mass is 32.2. The summed E-state index contributed by atoms with van der Waals surface area (Å²) in [4.78, 5) is 19.4. The molecule has 5 nitrogen and oxygen atoms in total. The van der Waals surface area contributed by atoms with Crippen molar-refractivity contribution in [3.8, 4) is 5.69 Å². The second-order valence-electron chi connectivity index (χ2n) is 4.62. The van der Waals surface area contributed by atoms with Crippen LogP contribution in [0.2, 0.25) is 0 Å². The maximum atomic E-state index is 10.8. The van der Waals surface area contributed by atoms with Crippen molar-refractivity contribution in [2.24, 2.45) is 0 Å². The number of carboxylic acids is 1. The Morgan fingerprint density at radius 1 is 1.38 bits per heavy atom. The van der Waals surface area contributed by atoms with E-state index in [4.69, 9.17) is 5.11 Å². The second kappa shape index (κ2) is 5.57. The van der Waals surface area contributed by atoms with E-state index in [-0.39, 0.29) is 5.75 Å². The van der Waals surface area contributed by atoms with Crippen LogP contribution in [0.3, 0.4) is 0 Å². The maximum absolute atomic E-state index is 10.8. The molecule has 3 aromatic rings. The van der Waals surface area contributed by atoms with Gasteiger partial charge >= 0.3 is 5.97 Å². The molecule has 1 N–H and O–H groups in total. The Morgan fingerprint density at radius 3 is 3.00 bits per heavy atom. The lowest BCUT2D eigenvalue weighted by molar-refractivity contribution is -0.133. The van der Waals surface area contributed by atoms with Crippen molar-refractivity contribution in [1.29, 1.82) is 0 Å². The average molecular weight is 299 g/mol. The van der Waals surface area contributed by atoms with Crippen molar-refractivity contribution < 1.29 is 9.90 Å². The molecule has 0 radical (unpaired) electrons. The Bertz CT molecular complexity index is 814. The molecule has 0 fully saturated rings. The summed E-state index contributed by atoms with van der Waals surface area (Å²) in [6.07, 6.45) is 3.40. The molecule has 0 aliphatic rings. The average Bonchev–Trinajstić information content (AvgIpc) is 2.83. The molecule has 2 heterocycles. The van der Waals surface area contributed by atoms with Gasteiger partial charge in [-0.1, -0.05) is 23.9 Å². The molecule has 0 unspecified atom stereocenters. The smallest absolute Gasteiger partial charge is 0.313 e. The lowest BCUT2D eigenvalue weighted by Crippen LogP contribution is -2.02. The van der Waals surface area contributed by atoms with Crippen molar-refractivity contribution in [3.05, 3.63) is 48.3 Å². The highest BCUT2D eigenvalue weighted by molar-refractivity contribution is 7.99. The van der Waals surface area contributed by atoms with E-state index in [1.165, 1.54) is 11.8 Å². The zero-order valence-corrected chi connectivity index (χ0v) is 12.2. The molecule has 0 aliphatic heterocycles. The number of hydrogen-bond acceptors (Lipinski definition) is 4. The van der Waals surface area contributed by atoms with Crippen LogP contribution in [0.15, 0.2) is 47.9 Å². The molecule has 1 aromatic carbocycles. The van der Waals surface area contributed by atoms with Crippen LogP contribution in [0, 0.1) is 6.92 Å². The SMILES string of the molecule is Cc1cccc(-n2c(SCC(=O)O)nc3cnccc32)c1. The topological polar surface area (TPSA) is 68.0 Å². The quantitative estimate of drug-likeness (QED) is 0.750. The third-order valence-corrected chi connectivity index (χ3v) is 3.93. The number of aryl methyl sites for hydroxylation is 1. The number of fused-ring (bicyclic) bond motifs is 1. The monoisotopic (exact) mass is 299 g/mol. The number of nitrogens with zero attached hydrogens (tertiary/aromatic N) is 3. The maximum Gasteiger partial charge on any atom is 0.313 e. The van der Waals surface area contributed by atoms with Gasteiger partial charge in [0.15, 0.2) is 5.16 Å². The fraction of sp³-hybridized carbons (Fsp3) is 0.133. The highest BCUT2D eigenvalue weighted by Gasteiger charge is 2.14. The van der Waals surface area contributed by atoms with Crippen LogP contribution in [0.1, 0.15) is 5.56 Å². The molecule has 3 rings (SSSR count). The molecule has 0 amide bonds. The molecular weight excluding hydrogens is 286 g/mol. The second-order valence-corrected chi connectivity index (χ2v) is 5.56. The van der Waals surface area contributed by atoms with E-state index in [0.29, 0.717) is 5.16 Å². The molecule has 0 saturated carbocycles. The number of aromatic nitrogens is 3. The number of aliphatic carboxylic acids is 1. The van der Waals surface area contributed by atoms with Gasteiger partial charge in [0, 0.05) is 11.9 Å². The zero-order chi connectivity index (χ0) is 14.8. The first-order chi connectivity index (χ1) is 10.1. The summed E-state index contributed by atoms with van der Waals surface area (Å²) < 4.78 is 1.97. The summed E-state index contributed by atoms with van der Waals surface area (Å²) >= 11 is 1.21. The van der Waals surface area contributed by atoms with E-state index < -0.39 is 5.97 Å². The van der Waals surface area contributed by atoms with Gasteiger partial charge in [-0.25, -0.2) is 4.98 Å². The van der Waals surface area contributed by atoms with E-state index in [1.807, 2.05) is 41.8 Å². The third kappa shape index (κ3) is 2.75. The molecule has 106 valence electrons. The van der Waals surface area contributed by atoms with E-state index in [0.717, 1.165) is 22.3 Å². The van der Waals surface area contributed by atoms with Crippen LogP contribution in [0.5, 0.6) is 0 Å². The van der Waals surface area contributed by atoms with E-state index in [2.05, 4.69) is 9.97 Å². The number of carboxylic acid groups (broad SMARTS) is 1. The Labute approximate surface area is 125 Å². The summed E-state index contributed by atoms with van der Waals surface area (Å²) in [6, 6.07) is 9.92. The summed E-state index contributed by atoms with van der Waals surface area (Å²) in [5, 5.41) is 9.54. The number of carbonyl (C=O) groups is 1. The molecule has 0 spiro atoms. The van der Waals surface area contributed by atoms with Gasteiger partial charge in [-0.15, -0.1) is 0 Å². The van der Waals surface area contributed by atoms with Gasteiger partial charge in [0.1, 0.15) is 5.52 Å². The normalized spacial score (nSPS) is 10.9. The minimum absolute atomic E-state index is 0.0252. The first-order valence-corrected chi connectivity index (χ1v) is 7.38.